The second kappa shape index (κ2) is 8.70. The number of hydrogen-bond donors (Lipinski definition) is 1. The number of benzene rings is 2. The van der Waals surface area contributed by atoms with Crippen LogP contribution in [0.5, 0.6) is 5.75 Å². The number of ether oxygens (including phenoxy) is 1. The van der Waals surface area contributed by atoms with Crippen LogP contribution in [0.1, 0.15) is 35.4 Å². The predicted octanol–water partition coefficient (Wildman–Crippen LogP) is 4.65. The van der Waals surface area contributed by atoms with Gasteiger partial charge in [-0.3, -0.25) is 4.79 Å². The normalized spacial score (nSPS) is 17.8. The average Bonchev–Trinajstić information content (AvgIpc) is 3.38. The van der Waals surface area contributed by atoms with Crippen molar-refractivity contribution in [3.05, 3.63) is 65.9 Å². The number of hydrogen-bond acceptors (Lipinski definition) is 4. The number of likely N-dealkylation sites (tertiary alicyclic amines) is 1. The van der Waals surface area contributed by atoms with E-state index < -0.39 is 0 Å². The van der Waals surface area contributed by atoms with E-state index in [4.69, 9.17) is 9.15 Å². The molecule has 0 saturated carbocycles. The number of para-hydroxylation sites is 2. The lowest BCUT2D eigenvalue weighted by molar-refractivity contribution is 0.0576. The molecule has 158 valence electrons. The van der Waals surface area contributed by atoms with Crippen molar-refractivity contribution in [2.75, 3.05) is 26.2 Å². The second-order valence-electron chi connectivity index (χ2n) is 8.23. The first kappa shape index (κ1) is 20.8. The number of furan rings is 1. The highest BCUT2D eigenvalue weighted by Gasteiger charge is 2.39. The molecule has 2 aromatic carbocycles. The molecule has 0 aliphatic carbocycles. The third-order valence-corrected chi connectivity index (χ3v) is 6.46. The third-order valence-electron chi connectivity index (χ3n) is 6.46. The van der Waals surface area contributed by atoms with Gasteiger partial charge >= 0.3 is 0 Å². The Bertz CT molecular complexity index is 1000. The van der Waals surface area contributed by atoms with Crippen LogP contribution in [0.15, 0.2) is 59.0 Å². The van der Waals surface area contributed by atoms with E-state index in [9.17, 15) is 4.79 Å². The van der Waals surface area contributed by atoms with Crippen molar-refractivity contribution in [1.29, 1.82) is 0 Å². The molecule has 2 aliphatic heterocycles. The summed E-state index contributed by atoms with van der Waals surface area (Å²) in [4.78, 5) is 15.3. The molecule has 30 heavy (non-hydrogen) atoms. The van der Waals surface area contributed by atoms with Crippen molar-refractivity contribution in [1.82, 2.24) is 10.2 Å². The molecule has 3 heterocycles. The molecule has 3 aromatic rings. The van der Waals surface area contributed by atoms with E-state index >= 15 is 0 Å². The molecule has 2 fully saturated rings. The fourth-order valence-corrected chi connectivity index (χ4v) is 4.64. The monoisotopic (exact) mass is 426 g/mol. The lowest BCUT2D eigenvalue weighted by Gasteiger charge is -2.38. The molecule has 1 spiro atoms. The van der Waals surface area contributed by atoms with Gasteiger partial charge in [-0.2, -0.15) is 0 Å². The molecule has 0 radical (unpaired) electrons. The number of piperidine rings is 1. The standard InChI is InChI=1S/C24H26N2O3.ClH/c27-23(26-14-11-24(12-15-26)10-13-25-17-24)22-20(16-28-18-6-2-1-3-7-18)19-8-4-5-9-21(19)29-22;/h1-9,25H,10-17H2;1H. The molecule has 0 bridgehead atoms. The van der Waals surface area contributed by atoms with Crippen LogP contribution in [0.3, 0.4) is 0 Å². The number of amides is 1. The summed E-state index contributed by atoms with van der Waals surface area (Å²) in [7, 11) is 0. The molecule has 0 atom stereocenters. The molecular formula is C24H27ClN2O3. The first-order chi connectivity index (χ1) is 14.2. The van der Waals surface area contributed by atoms with Gasteiger partial charge in [0.2, 0.25) is 0 Å². The van der Waals surface area contributed by atoms with Gasteiger partial charge in [0.1, 0.15) is 17.9 Å². The van der Waals surface area contributed by atoms with Gasteiger partial charge in [-0.05, 0) is 49.4 Å². The number of rotatable bonds is 4. The highest BCUT2D eigenvalue weighted by molar-refractivity contribution is 5.99. The summed E-state index contributed by atoms with van der Waals surface area (Å²) < 4.78 is 12.0. The minimum atomic E-state index is -0.0198. The van der Waals surface area contributed by atoms with Gasteiger partial charge in [0.25, 0.3) is 5.91 Å². The second-order valence-corrected chi connectivity index (χ2v) is 8.23. The fourth-order valence-electron chi connectivity index (χ4n) is 4.64. The van der Waals surface area contributed by atoms with Gasteiger partial charge in [-0.1, -0.05) is 36.4 Å². The summed E-state index contributed by atoms with van der Waals surface area (Å²) in [6.45, 7) is 4.06. The van der Waals surface area contributed by atoms with Crippen LogP contribution in [0.4, 0.5) is 0 Å². The summed E-state index contributed by atoms with van der Waals surface area (Å²) in [6.07, 6.45) is 3.33. The lowest BCUT2D eigenvalue weighted by atomic mass is 9.78. The molecule has 1 aromatic heterocycles. The molecule has 0 unspecified atom stereocenters. The molecule has 2 aliphatic rings. The van der Waals surface area contributed by atoms with Crippen molar-refractivity contribution in [3.63, 3.8) is 0 Å². The first-order valence-electron chi connectivity index (χ1n) is 10.4. The molecule has 1 N–H and O–H groups in total. The zero-order valence-corrected chi connectivity index (χ0v) is 17.7. The third kappa shape index (κ3) is 3.92. The maximum absolute atomic E-state index is 13.4. The fraction of sp³-hybridized carbons (Fsp3) is 0.375. The minimum Gasteiger partial charge on any atom is -0.489 e. The van der Waals surface area contributed by atoms with E-state index in [1.54, 1.807) is 0 Å². The Morgan fingerprint density at radius 2 is 1.77 bits per heavy atom. The van der Waals surface area contributed by atoms with Gasteiger partial charge < -0.3 is 19.4 Å². The summed E-state index contributed by atoms with van der Waals surface area (Å²) in [5, 5.41) is 4.42. The number of halogens is 1. The topological polar surface area (TPSA) is 54.7 Å². The summed E-state index contributed by atoms with van der Waals surface area (Å²) >= 11 is 0. The number of nitrogens with zero attached hydrogens (tertiary/aromatic N) is 1. The maximum atomic E-state index is 13.4. The number of carbonyl (C=O) groups excluding carboxylic acids is 1. The van der Waals surface area contributed by atoms with Crippen LogP contribution in [0.2, 0.25) is 0 Å². The zero-order chi connectivity index (χ0) is 19.7. The number of nitrogens with one attached hydrogen (secondary N) is 1. The average molecular weight is 427 g/mol. The predicted molar refractivity (Wildman–Crippen MR) is 119 cm³/mol. The zero-order valence-electron chi connectivity index (χ0n) is 16.9. The van der Waals surface area contributed by atoms with Crippen LogP contribution >= 0.6 is 12.4 Å². The SMILES string of the molecule is Cl.O=C(c1oc2ccccc2c1COc1ccccc1)N1CCC2(CCNC2)CC1. The Balaban J connectivity index is 0.00000218. The summed E-state index contributed by atoms with van der Waals surface area (Å²) in [5.74, 6) is 1.18. The Labute approximate surface area is 182 Å². The highest BCUT2D eigenvalue weighted by atomic mass is 35.5. The Morgan fingerprint density at radius 1 is 1.03 bits per heavy atom. The van der Waals surface area contributed by atoms with Crippen molar-refractivity contribution in [3.8, 4) is 5.75 Å². The number of carbonyl (C=O) groups is 1. The molecule has 5 nitrogen and oxygen atoms in total. The van der Waals surface area contributed by atoms with Crippen molar-refractivity contribution in [2.45, 2.75) is 25.9 Å². The van der Waals surface area contributed by atoms with Crippen molar-refractivity contribution >= 4 is 29.3 Å². The molecule has 2 saturated heterocycles. The highest BCUT2D eigenvalue weighted by Crippen LogP contribution is 2.38. The lowest BCUT2D eigenvalue weighted by Crippen LogP contribution is -2.44. The summed E-state index contributed by atoms with van der Waals surface area (Å²) in [5.41, 5.74) is 1.94. The Kier molecular flexibility index (Phi) is 6.02. The Morgan fingerprint density at radius 3 is 2.50 bits per heavy atom. The number of fused-ring (bicyclic) bond motifs is 1. The van der Waals surface area contributed by atoms with E-state index in [1.165, 1.54) is 6.42 Å². The van der Waals surface area contributed by atoms with Gasteiger partial charge in [0.15, 0.2) is 5.76 Å². The maximum Gasteiger partial charge on any atom is 0.290 e. The van der Waals surface area contributed by atoms with E-state index in [2.05, 4.69) is 5.32 Å². The smallest absolute Gasteiger partial charge is 0.290 e. The van der Waals surface area contributed by atoms with Crippen LogP contribution < -0.4 is 10.1 Å². The first-order valence-corrected chi connectivity index (χ1v) is 10.4. The largest absolute Gasteiger partial charge is 0.489 e. The molecular weight excluding hydrogens is 400 g/mol. The van der Waals surface area contributed by atoms with Crippen molar-refractivity contribution in [2.24, 2.45) is 5.41 Å². The van der Waals surface area contributed by atoms with E-state index in [0.29, 0.717) is 17.8 Å². The van der Waals surface area contributed by atoms with Crippen LogP contribution in [-0.2, 0) is 6.61 Å². The van der Waals surface area contributed by atoms with E-state index in [1.807, 2.05) is 59.5 Å². The summed E-state index contributed by atoms with van der Waals surface area (Å²) in [6, 6.07) is 17.5. The van der Waals surface area contributed by atoms with Crippen LogP contribution in [0, 0.1) is 5.41 Å². The minimum absolute atomic E-state index is 0. The molecule has 6 heteroatoms. The van der Waals surface area contributed by atoms with Gasteiger partial charge in [0.05, 0.1) is 0 Å². The van der Waals surface area contributed by atoms with Gasteiger partial charge in [0, 0.05) is 30.6 Å². The van der Waals surface area contributed by atoms with E-state index in [-0.39, 0.29) is 18.3 Å². The molecule has 1 amide bonds. The van der Waals surface area contributed by atoms with E-state index in [0.717, 1.165) is 61.3 Å². The van der Waals surface area contributed by atoms with Crippen molar-refractivity contribution < 1.29 is 13.9 Å². The van der Waals surface area contributed by atoms with Gasteiger partial charge in [-0.25, -0.2) is 0 Å². The quantitative estimate of drug-likeness (QED) is 0.659. The Hall–Kier alpha value is -2.50. The van der Waals surface area contributed by atoms with Crippen LogP contribution in [0.25, 0.3) is 11.0 Å². The molecule has 5 rings (SSSR count). The van der Waals surface area contributed by atoms with Crippen LogP contribution in [-0.4, -0.2) is 37.0 Å². The van der Waals surface area contributed by atoms with Gasteiger partial charge in [-0.15, -0.1) is 12.4 Å².